The van der Waals surface area contributed by atoms with Crippen LogP contribution in [-0.4, -0.2) is 40.9 Å². The molecule has 0 aliphatic carbocycles. The maximum atomic E-state index is 10.9. The van der Waals surface area contributed by atoms with Crippen molar-refractivity contribution in [1.82, 2.24) is 0 Å². The predicted molar refractivity (Wildman–Crippen MR) is 104 cm³/mol. The van der Waals surface area contributed by atoms with E-state index in [1.165, 1.54) is 19.3 Å². The summed E-state index contributed by atoms with van der Waals surface area (Å²) in [6.45, 7) is 0. The van der Waals surface area contributed by atoms with Crippen LogP contribution in [0.4, 0.5) is 0 Å². The van der Waals surface area contributed by atoms with Gasteiger partial charge >= 0.3 is 11.9 Å². The zero-order valence-electron chi connectivity index (χ0n) is 16.1. The van der Waals surface area contributed by atoms with Gasteiger partial charge < -0.3 is 10.2 Å². The first-order valence-electron chi connectivity index (χ1n) is 9.84. The highest BCUT2D eigenvalue weighted by molar-refractivity contribution is 7.85. The summed E-state index contributed by atoms with van der Waals surface area (Å²) in [6.07, 6.45) is 14.2. The average Bonchev–Trinajstić information content (AvgIpc) is 2.55. The molecule has 0 aromatic heterocycles. The van der Waals surface area contributed by atoms with Gasteiger partial charge in [0.15, 0.2) is 0 Å². The molecule has 0 heterocycles. The fourth-order valence-electron chi connectivity index (χ4n) is 2.93. The summed E-state index contributed by atoms with van der Waals surface area (Å²) in [6, 6.07) is 0. The topological polar surface area (TPSA) is 129 Å². The smallest absolute Gasteiger partial charge is 0.331 e. The van der Waals surface area contributed by atoms with Gasteiger partial charge in [-0.3, -0.25) is 4.55 Å². The molecular weight excluding hydrogens is 372 g/mol. The van der Waals surface area contributed by atoms with Crippen LogP contribution in [-0.2, 0) is 19.7 Å². The molecule has 8 heteroatoms. The molecule has 0 fully saturated rings. The third-order valence-electron chi connectivity index (χ3n) is 4.42. The van der Waals surface area contributed by atoms with E-state index in [0.29, 0.717) is 19.3 Å². The van der Waals surface area contributed by atoms with Crippen LogP contribution in [0.2, 0.25) is 0 Å². The van der Waals surface area contributed by atoms with Gasteiger partial charge in [0.25, 0.3) is 10.1 Å². The zero-order valence-corrected chi connectivity index (χ0v) is 16.9. The van der Waals surface area contributed by atoms with Crippen LogP contribution >= 0.6 is 0 Å². The van der Waals surface area contributed by atoms with Gasteiger partial charge in [0.05, 0.1) is 5.75 Å². The van der Waals surface area contributed by atoms with Crippen LogP contribution in [0.15, 0.2) is 11.6 Å². The SMILES string of the molecule is O=C(O)C=C(CCCCCCCCCCCCCCCS(=O)(=O)O)C(=O)O. The fourth-order valence-corrected chi connectivity index (χ4v) is 3.50. The Balaban J connectivity index is 3.38. The lowest BCUT2D eigenvalue weighted by Crippen LogP contribution is -2.04. The van der Waals surface area contributed by atoms with E-state index in [2.05, 4.69) is 0 Å². The highest BCUT2D eigenvalue weighted by Gasteiger charge is 2.08. The van der Waals surface area contributed by atoms with Crippen molar-refractivity contribution in [3.05, 3.63) is 11.6 Å². The molecule has 0 radical (unpaired) electrons. The minimum atomic E-state index is -3.81. The minimum absolute atomic E-state index is 0.0412. The number of carboxylic acid groups (broad SMARTS) is 2. The van der Waals surface area contributed by atoms with Gasteiger partial charge in [-0.2, -0.15) is 8.42 Å². The van der Waals surface area contributed by atoms with Crippen molar-refractivity contribution in [3.63, 3.8) is 0 Å². The van der Waals surface area contributed by atoms with E-state index >= 15 is 0 Å². The third kappa shape index (κ3) is 19.2. The molecule has 0 aromatic rings. The molecule has 3 N–H and O–H groups in total. The fraction of sp³-hybridized carbons (Fsp3) is 0.789. The Morgan fingerprint density at radius 1 is 0.667 bits per heavy atom. The number of carbonyl (C=O) groups is 2. The Labute approximate surface area is 162 Å². The maximum absolute atomic E-state index is 10.9. The number of aliphatic carboxylic acids is 2. The minimum Gasteiger partial charge on any atom is -0.478 e. The summed E-state index contributed by atoms with van der Waals surface area (Å²) in [7, 11) is -3.81. The number of carboxylic acids is 2. The zero-order chi connectivity index (χ0) is 20.5. The first-order chi connectivity index (χ1) is 12.7. The second-order valence-electron chi connectivity index (χ2n) is 6.95. The third-order valence-corrected chi connectivity index (χ3v) is 5.23. The lowest BCUT2D eigenvalue weighted by atomic mass is 10.0. The van der Waals surface area contributed by atoms with E-state index in [1.54, 1.807) is 0 Å². The molecule has 158 valence electrons. The standard InChI is InChI=1S/C19H34O7S/c20-18(21)16-17(19(22)23)14-12-10-8-6-4-2-1-3-5-7-9-11-13-15-27(24,25)26/h16H,1-15H2,(H,20,21)(H,22,23)(H,24,25,26). The number of hydrogen-bond donors (Lipinski definition) is 3. The lowest BCUT2D eigenvalue weighted by molar-refractivity contribution is -0.135. The quantitative estimate of drug-likeness (QED) is 0.174. The van der Waals surface area contributed by atoms with Crippen LogP contribution < -0.4 is 0 Å². The summed E-state index contributed by atoms with van der Waals surface area (Å²) in [4.78, 5) is 21.4. The van der Waals surface area contributed by atoms with Crippen molar-refractivity contribution in [1.29, 1.82) is 0 Å². The van der Waals surface area contributed by atoms with Gasteiger partial charge in [0.2, 0.25) is 0 Å². The first kappa shape index (κ1) is 25.6. The largest absolute Gasteiger partial charge is 0.478 e. The number of rotatable bonds is 18. The second-order valence-corrected chi connectivity index (χ2v) is 8.52. The van der Waals surface area contributed by atoms with Gasteiger partial charge in [-0.25, -0.2) is 9.59 Å². The second kappa shape index (κ2) is 15.6. The molecule has 7 nitrogen and oxygen atoms in total. The molecule has 0 unspecified atom stereocenters. The molecule has 0 saturated carbocycles. The predicted octanol–water partition coefficient (Wildman–Crippen LogP) is 4.43. The number of hydrogen-bond acceptors (Lipinski definition) is 4. The number of unbranched alkanes of at least 4 members (excludes halogenated alkanes) is 12. The molecule has 0 amide bonds. The molecule has 0 aliphatic rings. The van der Waals surface area contributed by atoms with Crippen LogP contribution in [0, 0.1) is 0 Å². The van der Waals surface area contributed by atoms with E-state index in [0.717, 1.165) is 57.4 Å². The first-order valence-corrected chi connectivity index (χ1v) is 11.5. The molecule has 0 aliphatic heterocycles. The van der Waals surface area contributed by atoms with Crippen LogP contribution in [0.3, 0.4) is 0 Å². The van der Waals surface area contributed by atoms with Crippen molar-refractivity contribution >= 4 is 22.1 Å². The lowest BCUT2D eigenvalue weighted by Gasteiger charge is -2.04. The monoisotopic (exact) mass is 406 g/mol. The van der Waals surface area contributed by atoms with E-state index in [9.17, 15) is 18.0 Å². The normalized spacial score (nSPS) is 12.3. The van der Waals surface area contributed by atoms with Gasteiger partial charge in [-0.15, -0.1) is 0 Å². The molecule has 27 heavy (non-hydrogen) atoms. The highest BCUT2D eigenvalue weighted by atomic mass is 32.2. The molecule has 0 saturated heterocycles. The van der Waals surface area contributed by atoms with Crippen LogP contribution in [0.5, 0.6) is 0 Å². The van der Waals surface area contributed by atoms with E-state index in [4.69, 9.17) is 14.8 Å². The van der Waals surface area contributed by atoms with Crippen molar-refractivity contribution in [2.45, 2.75) is 89.9 Å². The molecule has 0 aromatic carbocycles. The van der Waals surface area contributed by atoms with Crippen LogP contribution in [0.25, 0.3) is 0 Å². The Kier molecular flexibility index (Phi) is 14.8. The highest BCUT2D eigenvalue weighted by Crippen LogP contribution is 2.15. The Bertz CT molecular complexity index is 552. The Morgan fingerprint density at radius 3 is 1.37 bits per heavy atom. The molecule has 0 spiro atoms. The summed E-state index contributed by atoms with van der Waals surface area (Å²) in [5.74, 6) is -2.51. The van der Waals surface area contributed by atoms with E-state index < -0.39 is 22.1 Å². The van der Waals surface area contributed by atoms with E-state index in [1.807, 2.05) is 0 Å². The van der Waals surface area contributed by atoms with Crippen molar-refractivity contribution < 1.29 is 32.8 Å². The summed E-state index contributed by atoms with van der Waals surface area (Å²) in [5, 5.41) is 17.5. The van der Waals surface area contributed by atoms with E-state index in [-0.39, 0.29) is 11.3 Å². The van der Waals surface area contributed by atoms with Gasteiger partial charge in [0, 0.05) is 11.6 Å². The van der Waals surface area contributed by atoms with Crippen molar-refractivity contribution in [2.24, 2.45) is 0 Å². The summed E-state index contributed by atoms with van der Waals surface area (Å²) in [5.41, 5.74) is -0.0412. The van der Waals surface area contributed by atoms with Gasteiger partial charge in [-0.05, 0) is 19.3 Å². The summed E-state index contributed by atoms with van der Waals surface area (Å²) >= 11 is 0. The Hall–Kier alpha value is -1.41. The average molecular weight is 407 g/mol. The summed E-state index contributed by atoms with van der Waals surface area (Å²) < 4.78 is 29.7. The molecule has 0 atom stereocenters. The van der Waals surface area contributed by atoms with Gasteiger partial charge in [-0.1, -0.05) is 70.6 Å². The van der Waals surface area contributed by atoms with Crippen molar-refractivity contribution in [2.75, 3.05) is 5.75 Å². The maximum Gasteiger partial charge on any atom is 0.331 e. The molecule has 0 bridgehead atoms. The van der Waals surface area contributed by atoms with Gasteiger partial charge in [0.1, 0.15) is 0 Å². The van der Waals surface area contributed by atoms with Crippen molar-refractivity contribution in [3.8, 4) is 0 Å². The molecule has 0 rings (SSSR count). The Morgan fingerprint density at radius 2 is 1.04 bits per heavy atom. The molecular formula is C19H34O7S. The van der Waals surface area contributed by atoms with Crippen LogP contribution in [0.1, 0.15) is 89.9 Å².